The Morgan fingerprint density at radius 3 is 2.40 bits per heavy atom. The molecule has 3 rings (SSSR count). The van der Waals surface area contributed by atoms with Crippen LogP contribution in [0.15, 0.2) is 17.0 Å². The molecule has 25 heavy (non-hydrogen) atoms. The molecule has 0 spiro atoms. The van der Waals surface area contributed by atoms with E-state index in [-0.39, 0.29) is 17.6 Å². The molecule has 1 heterocycles. The predicted octanol–water partition coefficient (Wildman–Crippen LogP) is 3.17. The Morgan fingerprint density at radius 1 is 1.28 bits per heavy atom. The Kier molecular flexibility index (Phi) is 4.01. The summed E-state index contributed by atoms with van der Waals surface area (Å²) in [7, 11) is -3.68. The molecule has 1 N–H and O–H groups in total. The van der Waals surface area contributed by atoms with Gasteiger partial charge in [0.25, 0.3) is 5.82 Å². The van der Waals surface area contributed by atoms with Gasteiger partial charge in [0.2, 0.25) is 5.95 Å². The number of alkyl halides is 3. The normalized spacial score (nSPS) is 15.4. The Hall–Kier alpha value is -2.17. The summed E-state index contributed by atoms with van der Waals surface area (Å²) in [6.45, 7) is 1.59. The second-order valence-corrected chi connectivity index (χ2v) is 7.12. The van der Waals surface area contributed by atoms with E-state index in [0.29, 0.717) is 11.1 Å². The molecule has 0 amide bonds. The average Bonchev–Trinajstić information content (AvgIpc) is 3.23. The number of hydrogen-bond acceptors (Lipinski definition) is 5. The summed E-state index contributed by atoms with van der Waals surface area (Å²) in [5.74, 6) is -1.68. The molecule has 0 unspecified atom stereocenters. The molecule has 1 aliphatic rings. The van der Waals surface area contributed by atoms with Gasteiger partial charge in [0.1, 0.15) is 4.90 Å². The van der Waals surface area contributed by atoms with Crippen molar-refractivity contribution in [3.05, 3.63) is 29.1 Å². The summed E-state index contributed by atoms with van der Waals surface area (Å²) in [6, 6.07) is 2.49. The topological polar surface area (TPSA) is 76.9 Å². The minimum absolute atomic E-state index is 0.00738. The quantitative estimate of drug-likeness (QED) is 0.653. The molecule has 6 nitrogen and oxygen atoms in total. The van der Waals surface area contributed by atoms with Crippen LogP contribution in [0.4, 0.5) is 23.0 Å². The fraction of sp³-hybridized carbons (Fsp3) is 0.429. The van der Waals surface area contributed by atoms with Crippen molar-refractivity contribution in [3.8, 4) is 5.69 Å². The van der Waals surface area contributed by atoms with Gasteiger partial charge in [-0.2, -0.15) is 31.3 Å². The molecule has 1 aliphatic carbocycles. The van der Waals surface area contributed by atoms with Crippen LogP contribution in [0.1, 0.15) is 35.7 Å². The highest BCUT2D eigenvalue weighted by molar-refractivity contribution is 7.86. The first-order valence-electron chi connectivity index (χ1n) is 7.34. The SMILES string of the molecule is CNc1nc(C(F)(F)F)nn1-c1cc(S(=O)(=O)F)c(C2CC2)cc1C. The number of nitrogens with one attached hydrogen (secondary N) is 1. The second kappa shape index (κ2) is 5.68. The Bertz CT molecular complexity index is 933. The molecule has 2 aromatic rings. The van der Waals surface area contributed by atoms with Crippen molar-refractivity contribution in [1.29, 1.82) is 0 Å². The molecule has 0 atom stereocenters. The number of halogens is 4. The number of benzene rings is 1. The van der Waals surface area contributed by atoms with Gasteiger partial charge in [0.05, 0.1) is 5.69 Å². The lowest BCUT2D eigenvalue weighted by atomic mass is 10.1. The van der Waals surface area contributed by atoms with E-state index in [0.717, 1.165) is 23.6 Å². The smallest absolute Gasteiger partial charge is 0.357 e. The Balaban J connectivity index is 2.23. The molecule has 136 valence electrons. The van der Waals surface area contributed by atoms with Crippen molar-refractivity contribution in [2.24, 2.45) is 0 Å². The Labute approximate surface area is 141 Å². The summed E-state index contributed by atoms with van der Waals surface area (Å²) in [6.07, 6.45) is -3.29. The molecule has 11 heteroatoms. The molecule has 1 saturated carbocycles. The lowest BCUT2D eigenvalue weighted by Gasteiger charge is -2.13. The van der Waals surface area contributed by atoms with Gasteiger partial charge in [-0.1, -0.05) is 6.07 Å². The maximum absolute atomic E-state index is 13.7. The summed E-state index contributed by atoms with van der Waals surface area (Å²) in [4.78, 5) is 2.81. The number of anilines is 1. The fourth-order valence-electron chi connectivity index (χ4n) is 2.61. The van der Waals surface area contributed by atoms with Crippen LogP contribution in [0.2, 0.25) is 0 Å². The third-order valence-corrected chi connectivity index (χ3v) is 4.80. The minimum Gasteiger partial charge on any atom is -0.357 e. The van der Waals surface area contributed by atoms with Crippen molar-refractivity contribution in [2.75, 3.05) is 12.4 Å². The highest BCUT2D eigenvalue weighted by Gasteiger charge is 2.38. The highest BCUT2D eigenvalue weighted by Crippen LogP contribution is 2.44. The fourth-order valence-corrected chi connectivity index (χ4v) is 3.37. The first kappa shape index (κ1) is 17.6. The van der Waals surface area contributed by atoms with E-state index in [4.69, 9.17) is 0 Å². The van der Waals surface area contributed by atoms with Crippen molar-refractivity contribution < 1.29 is 25.5 Å². The lowest BCUT2D eigenvalue weighted by Crippen LogP contribution is -2.10. The van der Waals surface area contributed by atoms with E-state index >= 15 is 0 Å². The van der Waals surface area contributed by atoms with Crippen molar-refractivity contribution >= 4 is 16.2 Å². The third kappa shape index (κ3) is 3.32. The van der Waals surface area contributed by atoms with Gasteiger partial charge in [-0.25, -0.2) is 0 Å². The van der Waals surface area contributed by atoms with E-state index < -0.39 is 27.1 Å². The van der Waals surface area contributed by atoms with E-state index in [1.54, 1.807) is 6.92 Å². The zero-order valence-corrected chi connectivity index (χ0v) is 14.0. The number of aryl methyl sites for hydroxylation is 1. The molecule has 0 saturated heterocycles. The van der Waals surface area contributed by atoms with Gasteiger partial charge >= 0.3 is 16.4 Å². The van der Waals surface area contributed by atoms with Crippen LogP contribution in [0, 0.1) is 6.92 Å². The van der Waals surface area contributed by atoms with Crippen molar-refractivity contribution in [1.82, 2.24) is 14.8 Å². The highest BCUT2D eigenvalue weighted by atomic mass is 32.3. The van der Waals surface area contributed by atoms with Gasteiger partial charge in [-0.05, 0) is 42.9 Å². The summed E-state index contributed by atoms with van der Waals surface area (Å²) in [5, 5.41) is 5.87. The molecular formula is C14H14F4N4O2S. The number of nitrogens with zero attached hydrogens (tertiary/aromatic N) is 3. The molecule has 1 aromatic heterocycles. The Morgan fingerprint density at radius 2 is 1.92 bits per heavy atom. The van der Waals surface area contributed by atoms with Gasteiger partial charge in [0.15, 0.2) is 0 Å². The van der Waals surface area contributed by atoms with E-state index in [2.05, 4.69) is 15.4 Å². The molecule has 1 fully saturated rings. The van der Waals surface area contributed by atoms with Crippen molar-refractivity contribution in [2.45, 2.75) is 36.8 Å². The monoisotopic (exact) mass is 378 g/mol. The molecule has 0 aliphatic heterocycles. The summed E-state index contributed by atoms with van der Waals surface area (Å²) < 4.78 is 76.1. The average molecular weight is 378 g/mol. The number of aromatic nitrogens is 3. The molecule has 0 bridgehead atoms. The maximum atomic E-state index is 13.7. The van der Waals surface area contributed by atoms with Crippen LogP contribution < -0.4 is 5.32 Å². The molecular weight excluding hydrogens is 364 g/mol. The van der Waals surface area contributed by atoms with E-state index in [1.807, 2.05) is 0 Å². The third-order valence-electron chi connectivity index (χ3n) is 3.92. The number of hydrogen-bond donors (Lipinski definition) is 1. The van der Waals surface area contributed by atoms with Crippen LogP contribution >= 0.6 is 0 Å². The van der Waals surface area contributed by atoms with Crippen LogP contribution in [0.3, 0.4) is 0 Å². The van der Waals surface area contributed by atoms with Crippen LogP contribution in [0.5, 0.6) is 0 Å². The first-order valence-corrected chi connectivity index (χ1v) is 8.72. The lowest BCUT2D eigenvalue weighted by molar-refractivity contribution is -0.144. The van der Waals surface area contributed by atoms with Crippen LogP contribution in [-0.2, 0) is 16.4 Å². The standard InChI is InChI=1S/C14H14F4N4O2S/c1-7-5-9(8-3-4-8)11(25(18,23)24)6-10(7)22-13(19-2)20-12(21-22)14(15,16)17/h5-6,8H,3-4H2,1-2H3,(H,19,20,21). The van der Waals surface area contributed by atoms with Gasteiger partial charge in [-0.15, -0.1) is 8.98 Å². The van der Waals surface area contributed by atoms with Crippen LogP contribution in [0.25, 0.3) is 5.69 Å². The number of rotatable bonds is 4. The minimum atomic E-state index is -5.03. The van der Waals surface area contributed by atoms with Gasteiger partial charge < -0.3 is 5.32 Å². The largest absolute Gasteiger partial charge is 0.453 e. The second-order valence-electron chi connectivity index (χ2n) is 5.81. The molecule has 1 aromatic carbocycles. The predicted molar refractivity (Wildman–Crippen MR) is 80.9 cm³/mol. The van der Waals surface area contributed by atoms with Crippen LogP contribution in [-0.4, -0.2) is 30.2 Å². The van der Waals surface area contributed by atoms with E-state index in [9.17, 15) is 25.5 Å². The maximum Gasteiger partial charge on any atom is 0.453 e. The summed E-state index contributed by atoms with van der Waals surface area (Å²) >= 11 is 0. The van der Waals surface area contributed by atoms with Gasteiger partial charge in [-0.3, -0.25) is 0 Å². The van der Waals surface area contributed by atoms with Gasteiger partial charge in [0, 0.05) is 7.05 Å². The van der Waals surface area contributed by atoms with Crippen molar-refractivity contribution in [3.63, 3.8) is 0 Å². The van der Waals surface area contributed by atoms with E-state index in [1.165, 1.54) is 13.1 Å². The molecule has 0 radical (unpaired) electrons. The zero-order chi connectivity index (χ0) is 18.6. The summed E-state index contributed by atoms with van der Waals surface area (Å²) in [5.41, 5.74) is 0.809. The first-order chi connectivity index (χ1) is 11.5. The zero-order valence-electron chi connectivity index (χ0n) is 13.2.